The average molecular weight is 399 g/mol. The van der Waals surface area contributed by atoms with Crippen LogP contribution >= 0.6 is 0 Å². The number of ether oxygens (including phenoxy) is 3. The van der Waals surface area contributed by atoms with Crippen LogP contribution in [0, 0.1) is 0 Å². The van der Waals surface area contributed by atoms with Crippen molar-refractivity contribution < 1.29 is 28.8 Å². The van der Waals surface area contributed by atoms with Crippen LogP contribution in [-0.4, -0.2) is 52.5 Å². The van der Waals surface area contributed by atoms with Gasteiger partial charge >= 0.3 is 0 Å². The van der Waals surface area contributed by atoms with Gasteiger partial charge in [-0.15, -0.1) is 0 Å². The highest BCUT2D eigenvalue weighted by Crippen LogP contribution is 2.32. The summed E-state index contributed by atoms with van der Waals surface area (Å²) < 4.78 is 16.0. The van der Waals surface area contributed by atoms with E-state index in [2.05, 4.69) is 17.4 Å². The Kier molecular flexibility index (Phi) is 6.17. The van der Waals surface area contributed by atoms with Crippen LogP contribution in [0.4, 0.5) is 0 Å². The summed E-state index contributed by atoms with van der Waals surface area (Å²) in [6.07, 6.45) is 0. The Morgan fingerprint density at radius 3 is 2.41 bits per heavy atom. The number of piperazine rings is 1. The van der Waals surface area contributed by atoms with Crippen LogP contribution in [0.25, 0.3) is 0 Å². The summed E-state index contributed by atoms with van der Waals surface area (Å²) in [4.78, 5) is 15.2. The molecule has 2 aliphatic rings. The lowest BCUT2D eigenvalue weighted by atomic mass is 10.1. The maximum atomic E-state index is 12.3. The molecule has 0 aromatic heterocycles. The summed E-state index contributed by atoms with van der Waals surface area (Å²) in [5, 5.41) is 3.03. The zero-order valence-corrected chi connectivity index (χ0v) is 16.8. The highest BCUT2D eigenvalue weighted by molar-refractivity contribution is 5.76. The fourth-order valence-electron chi connectivity index (χ4n) is 3.88. The fourth-order valence-corrected chi connectivity index (χ4v) is 3.88. The van der Waals surface area contributed by atoms with E-state index < -0.39 is 0 Å². The van der Waals surface area contributed by atoms with Gasteiger partial charge in [0, 0.05) is 12.1 Å². The Morgan fingerprint density at radius 1 is 0.966 bits per heavy atom. The SMILES string of the molecule is COc1ccc(CNC(=O)C[NH+]2CC[NH+](Cc3ccc4c(c3)OCO4)CC2)cc1. The molecule has 1 fully saturated rings. The number of quaternary nitrogens is 2. The highest BCUT2D eigenvalue weighted by Gasteiger charge is 2.25. The standard InChI is InChI=1S/C22H27N3O4/c1-27-19-5-2-17(3-6-19)13-23-22(26)15-25-10-8-24(9-11-25)14-18-4-7-20-21(12-18)29-16-28-20/h2-7,12H,8-11,13-16H2,1H3,(H,23,26)/p+2. The molecular formula is C22H29N3O4+2. The van der Waals surface area contributed by atoms with E-state index in [9.17, 15) is 4.79 Å². The van der Waals surface area contributed by atoms with E-state index in [-0.39, 0.29) is 5.91 Å². The quantitative estimate of drug-likeness (QED) is 0.560. The first-order valence-electron chi connectivity index (χ1n) is 10.1. The van der Waals surface area contributed by atoms with Crippen LogP contribution in [0.1, 0.15) is 11.1 Å². The third kappa shape index (κ3) is 5.19. The molecular weight excluding hydrogens is 370 g/mol. The van der Waals surface area contributed by atoms with Crippen molar-refractivity contribution in [3.8, 4) is 17.2 Å². The maximum Gasteiger partial charge on any atom is 0.275 e. The third-order valence-corrected chi connectivity index (χ3v) is 5.61. The van der Waals surface area contributed by atoms with Gasteiger partial charge in [0.15, 0.2) is 18.0 Å². The monoisotopic (exact) mass is 399 g/mol. The molecule has 0 spiro atoms. The second kappa shape index (κ2) is 9.15. The first-order chi connectivity index (χ1) is 14.2. The number of fused-ring (bicyclic) bond motifs is 1. The third-order valence-electron chi connectivity index (χ3n) is 5.61. The van der Waals surface area contributed by atoms with Crippen LogP contribution in [-0.2, 0) is 17.9 Å². The molecule has 7 nitrogen and oxygen atoms in total. The van der Waals surface area contributed by atoms with Gasteiger partial charge < -0.3 is 29.3 Å². The zero-order valence-electron chi connectivity index (χ0n) is 16.8. The van der Waals surface area contributed by atoms with Gasteiger partial charge in [0.1, 0.15) is 38.5 Å². The van der Waals surface area contributed by atoms with E-state index >= 15 is 0 Å². The molecule has 0 bridgehead atoms. The molecule has 29 heavy (non-hydrogen) atoms. The Bertz CT molecular complexity index is 832. The van der Waals surface area contributed by atoms with E-state index in [4.69, 9.17) is 14.2 Å². The lowest BCUT2D eigenvalue weighted by molar-refractivity contribution is -1.02. The lowest BCUT2D eigenvalue weighted by Gasteiger charge is -2.29. The second-order valence-corrected chi connectivity index (χ2v) is 7.67. The van der Waals surface area contributed by atoms with E-state index in [0.29, 0.717) is 19.9 Å². The van der Waals surface area contributed by atoms with Crippen molar-refractivity contribution >= 4 is 5.91 Å². The zero-order chi connectivity index (χ0) is 20.1. The molecule has 0 saturated carbocycles. The predicted molar refractivity (Wildman–Crippen MR) is 107 cm³/mol. The topological polar surface area (TPSA) is 65.7 Å². The minimum Gasteiger partial charge on any atom is -0.497 e. The van der Waals surface area contributed by atoms with Crippen molar-refractivity contribution in [1.82, 2.24) is 5.32 Å². The van der Waals surface area contributed by atoms with E-state index in [1.807, 2.05) is 30.3 Å². The summed E-state index contributed by atoms with van der Waals surface area (Å²) in [7, 11) is 1.65. The number of carbonyl (C=O) groups excluding carboxylic acids is 1. The van der Waals surface area contributed by atoms with Crippen molar-refractivity contribution in [1.29, 1.82) is 0 Å². The second-order valence-electron chi connectivity index (χ2n) is 7.67. The minimum atomic E-state index is 0.107. The van der Waals surface area contributed by atoms with Gasteiger partial charge in [-0.1, -0.05) is 12.1 Å². The van der Waals surface area contributed by atoms with Gasteiger partial charge in [-0.05, 0) is 35.9 Å². The van der Waals surface area contributed by atoms with Crippen LogP contribution in [0.3, 0.4) is 0 Å². The highest BCUT2D eigenvalue weighted by atomic mass is 16.7. The number of benzene rings is 2. The molecule has 4 rings (SSSR count). The minimum absolute atomic E-state index is 0.107. The largest absolute Gasteiger partial charge is 0.497 e. The number of amides is 1. The van der Waals surface area contributed by atoms with Crippen molar-refractivity contribution in [2.24, 2.45) is 0 Å². The molecule has 2 aliphatic heterocycles. The Balaban J connectivity index is 1.18. The number of carbonyl (C=O) groups is 1. The number of rotatable bonds is 7. The summed E-state index contributed by atoms with van der Waals surface area (Å²) >= 11 is 0. The summed E-state index contributed by atoms with van der Waals surface area (Å²) in [6.45, 7) is 6.53. The van der Waals surface area contributed by atoms with Crippen molar-refractivity contribution in [3.05, 3.63) is 53.6 Å². The van der Waals surface area contributed by atoms with Crippen molar-refractivity contribution in [2.45, 2.75) is 13.1 Å². The van der Waals surface area contributed by atoms with Crippen molar-refractivity contribution in [2.75, 3.05) is 46.6 Å². The lowest BCUT2D eigenvalue weighted by Crippen LogP contribution is -3.28. The molecule has 1 saturated heterocycles. The molecule has 2 heterocycles. The Morgan fingerprint density at radius 2 is 1.66 bits per heavy atom. The molecule has 0 aliphatic carbocycles. The van der Waals surface area contributed by atoms with E-state index in [1.54, 1.807) is 12.0 Å². The average Bonchev–Trinajstić information content (AvgIpc) is 3.22. The van der Waals surface area contributed by atoms with Gasteiger partial charge in [-0.25, -0.2) is 0 Å². The van der Waals surface area contributed by atoms with Crippen LogP contribution < -0.4 is 29.3 Å². The van der Waals surface area contributed by atoms with Gasteiger partial charge in [-0.2, -0.15) is 0 Å². The number of hydrogen-bond acceptors (Lipinski definition) is 4. The molecule has 1 amide bonds. The Hall–Kier alpha value is -2.77. The molecule has 154 valence electrons. The molecule has 0 radical (unpaired) electrons. The summed E-state index contributed by atoms with van der Waals surface area (Å²) in [5.41, 5.74) is 2.34. The molecule has 0 atom stereocenters. The van der Waals surface area contributed by atoms with Gasteiger partial charge in [0.2, 0.25) is 6.79 Å². The normalized spacial score (nSPS) is 20.3. The molecule has 2 aromatic carbocycles. The number of hydrogen-bond donors (Lipinski definition) is 3. The van der Waals surface area contributed by atoms with Gasteiger partial charge in [0.25, 0.3) is 5.91 Å². The molecule has 3 N–H and O–H groups in total. The van der Waals surface area contributed by atoms with Gasteiger partial charge in [-0.3, -0.25) is 4.79 Å². The smallest absolute Gasteiger partial charge is 0.275 e. The van der Waals surface area contributed by atoms with E-state index in [1.165, 1.54) is 10.5 Å². The summed E-state index contributed by atoms with van der Waals surface area (Å²) in [6, 6.07) is 14.0. The molecule has 7 heteroatoms. The van der Waals surface area contributed by atoms with E-state index in [0.717, 1.165) is 55.5 Å². The number of nitrogens with one attached hydrogen (secondary N) is 3. The van der Waals surface area contributed by atoms with Crippen molar-refractivity contribution in [3.63, 3.8) is 0 Å². The summed E-state index contributed by atoms with van der Waals surface area (Å²) in [5.74, 6) is 2.61. The van der Waals surface area contributed by atoms with Crippen LogP contribution in [0.5, 0.6) is 17.2 Å². The van der Waals surface area contributed by atoms with Gasteiger partial charge in [0.05, 0.1) is 7.11 Å². The van der Waals surface area contributed by atoms with Crippen LogP contribution in [0.2, 0.25) is 0 Å². The first kappa shape index (κ1) is 19.5. The number of methoxy groups -OCH3 is 1. The maximum absolute atomic E-state index is 12.3. The first-order valence-corrected chi connectivity index (χ1v) is 10.1. The predicted octanol–water partition coefficient (Wildman–Crippen LogP) is -0.976. The fraction of sp³-hybridized carbons (Fsp3) is 0.409. The Labute approximate surface area is 171 Å². The molecule has 0 unspecified atom stereocenters. The molecule has 2 aromatic rings. The van der Waals surface area contributed by atoms with Crippen LogP contribution in [0.15, 0.2) is 42.5 Å².